The van der Waals surface area contributed by atoms with Crippen molar-refractivity contribution < 1.29 is 14.6 Å². The van der Waals surface area contributed by atoms with Crippen molar-refractivity contribution >= 4 is 40.3 Å². The van der Waals surface area contributed by atoms with Gasteiger partial charge in [0.15, 0.2) is 11.5 Å². The van der Waals surface area contributed by atoms with Gasteiger partial charge in [-0.3, -0.25) is 4.79 Å². The molecule has 1 saturated heterocycles. The van der Waals surface area contributed by atoms with Crippen LogP contribution in [0.1, 0.15) is 31.9 Å². The number of rotatable bonds is 2. The molecule has 21 heavy (non-hydrogen) atoms. The number of benzene rings is 1. The number of amides is 1. The molecule has 0 spiro atoms. The van der Waals surface area contributed by atoms with Crippen LogP contribution in [0.25, 0.3) is 6.08 Å². The Kier molecular flexibility index (Phi) is 4.30. The van der Waals surface area contributed by atoms with E-state index in [9.17, 15) is 9.90 Å². The minimum absolute atomic E-state index is 0.131. The summed E-state index contributed by atoms with van der Waals surface area (Å²) in [6.07, 6.45) is 1.75. The number of phenols is 1. The largest absolute Gasteiger partial charge is 0.504 e. The molecule has 1 heterocycles. The molecule has 0 radical (unpaired) electrons. The van der Waals surface area contributed by atoms with Crippen molar-refractivity contribution in [2.45, 2.75) is 26.2 Å². The number of nitrogens with one attached hydrogen (secondary N) is 1. The topological polar surface area (TPSA) is 58.6 Å². The number of thioether (sulfide) groups is 1. The minimum Gasteiger partial charge on any atom is -0.504 e. The monoisotopic (exact) mass is 323 g/mol. The van der Waals surface area contributed by atoms with Crippen molar-refractivity contribution in [3.8, 4) is 11.5 Å². The molecule has 2 rings (SSSR count). The zero-order valence-corrected chi connectivity index (χ0v) is 13.9. The van der Waals surface area contributed by atoms with E-state index >= 15 is 0 Å². The Bertz CT molecular complexity index is 645. The van der Waals surface area contributed by atoms with Crippen molar-refractivity contribution in [2.75, 3.05) is 7.11 Å². The maximum absolute atomic E-state index is 11.7. The predicted octanol–water partition coefficient (Wildman–Crippen LogP) is 3.19. The van der Waals surface area contributed by atoms with Gasteiger partial charge in [-0.1, -0.05) is 44.8 Å². The van der Waals surface area contributed by atoms with E-state index in [0.717, 1.165) is 11.1 Å². The third-order valence-electron chi connectivity index (χ3n) is 3.07. The molecule has 0 aliphatic carbocycles. The highest BCUT2D eigenvalue weighted by Crippen LogP contribution is 2.39. The van der Waals surface area contributed by atoms with Crippen molar-refractivity contribution in [2.24, 2.45) is 0 Å². The first kappa shape index (κ1) is 15.9. The molecule has 0 aromatic heterocycles. The van der Waals surface area contributed by atoms with Gasteiger partial charge in [0.05, 0.1) is 12.0 Å². The van der Waals surface area contributed by atoms with Gasteiger partial charge in [-0.05, 0) is 29.2 Å². The molecule has 4 nitrogen and oxygen atoms in total. The van der Waals surface area contributed by atoms with Gasteiger partial charge in [0, 0.05) is 5.56 Å². The lowest BCUT2D eigenvalue weighted by Gasteiger charge is -2.22. The van der Waals surface area contributed by atoms with Crippen molar-refractivity contribution in [1.29, 1.82) is 0 Å². The summed E-state index contributed by atoms with van der Waals surface area (Å²) in [5.41, 5.74) is 1.31. The summed E-state index contributed by atoms with van der Waals surface area (Å²) >= 11 is 6.20. The number of carbonyl (C=O) groups excluding carboxylic acids is 1. The van der Waals surface area contributed by atoms with Crippen LogP contribution in [0.2, 0.25) is 0 Å². The van der Waals surface area contributed by atoms with Crippen LogP contribution < -0.4 is 10.1 Å². The Hall–Kier alpha value is -1.53. The molecule has 112 valence electrons. The van der Waals surface area contributed by atoms with Gasteiger partial charge < -0.3 is 15.2 Å². The molecule has 0 atom stereocenters. The average molecular weight is 323 g/mol. The number of ether oxygens (including phenoxy) is 1. The second-order valence-electron chi connectivity index (χ2n) is 5.72. The highest BCUT2D eigenvalue weighted by Gasteiger charge is 2.24. The van der Waals surface area contributed by atoms with E-state index in [0.29, 0.717) is 15.0 Å². The van der Waals surface area contributed by atoms with Crippen LogP contribution in [0.4, 0.5) is 0 Å². The summed E-state index contributed by atoms with van der Waals surface area (Å²) in [4.78, 5) is 12.3. The van der Waals surface area contributed by atoms with E-state index in [4.69, 9.17) is 17.0 Å². The summed E-state index contributed by atoms with van der Waals surface area (Å²) in [6, 6.07) is 3.56. The van der Waals surface area contributed by atoms with Gasteiger partial charge in [-0.2, -0.15) is 0 Å². The van der Waals surface area contributed by atoms with Crippen molar-refractivity contribution in [3.05, 3.63) is 28.2 Å². The molecule has 0 saturated carbocycles. The van der Waals surface area contributed by atoms with Crippen molar-refractivity contribution in [3.63, 3.8) is 0 Å². The number of thiocarbonyl (C=S) groups is 1. The summed E-state index contributed by atoms with van der Waals surface area (Å²) in [6.45, 7) is 6.01. The number of hydrogen-bond acceptors (Lipinski definition) is 5. The Balaban J connectivity index is 2.53. The van der Waals surface area contributed by atoms with Crippen LogP contribution >= 0.6 is 24.0 Å². The maximum Gasteiger partial charge on any atom is 0.263 e. The van der Waals surface area contributed by atoms with Crippen LogP contribution in [0.3, 0.4) is 0 Å². The predicted molar refractivity (Wildman–Crippen MR) is 89.7 cm³/mol. The number of carbonyl (C=O) groups is 1. The smallest absolute Gasteiger partial charge is 0.263 e. The average Bonchev–Trinajstić information content (AvgIpc) is 2.68. The summed E-state index contributed by atoms with van der Waals surface area (Å²) < 4.78 is 5.67. The fourth-order valence-electron chi connectivity index (χ4n) is 2.01. The lowest BCUT2D eigenvalue weighted by molar-refractivity contribution is -0.115. The van der Waals surface area contributed by atoms with Gasteiger partial charge in [-0.15, -0.1) is 0 Å². The lowest BCUT2D eigenvalue weighted by atomic mass is 9.85. The molecular formula is C15H17NO3S2. The first-order valence-corrected chi connectivity index (χ1v) is 7.61. The van der Waals surface area contributed by atoms with Gasteiger partial charge in [0.25, 0.3) is 5.91 Å². The standard InChI is InChI=1S/C15H17NO3S2/c1-15(2,3)9-5-8(6-10(19-4)12(9)17)7-11-13(18)16-14(20)21-11/h5-7,17H,1-4H3,(H,16,18,20). The normalized spacial score (nSPS) is 17.2. The van der Waals surface area contributed by atoms with Gasteiger partial charge in [0.2, 0.25) is 0 Å². The fraction of sp³-hybridized carbons (Fsp3) is 0.333. The maximum atomic E-state index is 11.7. The molecule has 0 unspecified atom stereocenters. The summed E-state index contributed by atoms with van der Waals surface area (Å²) in [5.74, 6) is 0.320. The molecule has 1 aliphatic heterocycles. The Morgan fingerprint density at radius 1 is 1.38 bits per heavy atom. The van der Waals surface area contributed by atoms with Gasteiger partial charge >= 0.3 is 0 Å². The minimum atomic E-state index is -0.244. The summed E-state index contributed by atoms with van der Waals surface area (Å²) in [5, 5.41) is 12.8. The van der Waals surface area contributed by atoms with E-state index in [1.165, 1.54) is 18.9 Å². The molecule has 1 aromatic rings. The Morgan fingerprint density at radius 2 is 2.05 bits per heavy atom. The Labute approximate surface area is 133 Å². The summed E-state index contributed by atoms with van der Waals surface area (Å²) in [7, 11) is 1.50. The highest BCUT2D eigenvalue weighted by molar-refractivity contribution is 8.26. The van der Waals surface area contributed by atoms with Crippen LogP contribution in [0.15, 0.2) is 17.0 Å². The number of methoxy groups -OCH3 is 1. The Morgan fingerprint density at radius 3 is 2.52 bits per heavy atom. The van der Waals surface area contributed by atoms with Gasteiger partial charge in [0.1, 0.15) is 4.32 Å². The molecular weight excluding hydrogens is 306 g/mol. The highest BCUT2D eigenvalue weighted by atomic mass is 32.2. The molecule has 2 N–H and O–H groups in total. The number of phenolic OH excluding ortho intramolecular Hbond substituents is 1. The second-order valence-corrected chi connectivity index (χ2v) is 7.44. The molecule has 1 amide bonds. The van der Waals surface area contributed by atoms with Gasteiger partial charge in [-0.25, -0.2) is 0 Å². The van der Waals surface area contributed by atoms with E-state index in [-0.39, 0.29) is 17.1 Å². The zero-order valence-electron chi connectivity index (χ0n) is 12.3. The lowest BCUT2D eigenvalue weighted by Crippen LogP contribution is -2.17. The first-order valence-electron chi connectivity index (χ1n) is 6.38. The zero-order chi connectivity index (χ0) is 15.8. The third-order valence-corrected chi connectivity index (χ3v) is 4.23. The van der Waals surface area contributed by atoms with Crippen LogP contribution in [-0.2, 0) is 10.2 Å². The molecule has 6 heteroatoms. The molecule has 1 aromatic carbocycles. The van der Waals surface area contributed by atoms with Crippen LogP contribution in [0.5, 0.6) is 11.5 Å². The van der Waals surface area contributed by atoms with E-state index < -0.39 is 0 Å². The van der Waals surface area contributed by atoms with Crippen LogP contribution in [0, 0.1) is 0 Å². The SMILES string of the molecule is COc1cc(C=C2SC(=S)NC2=O)cc(C(C)(C)C)c1O. The molecule has 1 aliphatic rings. The molecule has 1 fully saturated rings. The number of aromatic hydroxyl groups is 1. The van der Waals surface area contributed by atoms with E-state index in [1.807, 2.05) is 26.8 Å². The van der Waals surface area contributed by atoms with Crippen LogP contribution in [-0.4, -0.2) is 22.4 Å². The first-order chi connectivity index (χ1) is 9.72. The molecule has 0 bridgehead atoms. The van der Waals surface area contributed by atoms with E-state index in [2.05, 4.69) is 5.32 Å². The third kappa shape index (κ3) is 3.39. The quantitative estimate of drug-likeness (QED) is 0.646. The number of hydrogen-bond donors (Lipinski definition) is 2. The second kappa shape index (κ2) is 5.69. The van der Waals surface area contributed by atoms with E-state index in [1.54, 1.807) is 12.1 Å². The van der Waals surface area contributed by atoms with Crippen molar-refractivity contribution in [1.82, 2.24) is 5.32 Å². The fourth-order valence-corrected chi connectivity index (χ4v) is 3.06.